The van der Waals surface area contributed by atoms with Crippen LogP contribution >= 0.6 is 15.9 Å². The molecule has 0 heterocycles. The fourth-order valence-electron chi connectivity index (χ4n) is 2.25. The molecular formula is C18H20BrNO. The Morgan fingerprint density at radius 1 is 1.10 bits per heavy atom. The molecule has 1 N–H and O–H groups in total. The van der Waals surface area contributed by atoms with E-state index in [1.165, 1.54) is 16.7 Å². The van der Waals surface area contributed by atoms with Crippen molar-refractivity contribution >= 4 is 21.8 Å². The maximum Gasteiger partial charge on any atom is 0.220 e. The van der Waals surface area contributed by atoms with Gasteiger partial charge in [-0.2, -0.15) is 0 Å². The first-order chi connectivity index (χ1) is 10.2. The van der Waals surface area contributed by atoms with Crippen LogP contribution in [0, 0.1) is 6.92 Å². The summed E-state index contributed by atoms with van der Waals surface area (Å²) in [6.45, 7) is 2.67. The van der Waals surface area contributed by atoms with Gasteiger partial charge in [0.15, 0.2) is 0 Å². The van der Waals surface area contributed by atoms with Crippen molar-refractivity contribution in [1.82, 2.24) is 5.32 Å². The number of hydrogen-bond acceptors (Lipinski definition) is 1. The molecule has 2 rings (SSSR count). The number of halogens is 1. The number of alkyl halides is 1. The van der Waals surface area contributed by atoms with E-state index in [2.05, 4.69) is 52.4 Å². The Hall–Kier alpha value is -1.61. The Kier molecular flexibility index (Phi) is 6.00. The summed E-state index contributed by atoms with van der Waals surface area (Å²) in [7, 11) is 0. The molecule has 0 atom stereocenters. The summed E-state index contributed by atoms with van der Waals surface area (Å²) >= 11 is 3.44. The number of amides is 1. The molecule has 2 aromatic rings. The average Bonchev–Trinajstić information content (AvgIpc) is 2.52. The van der Waals surface area contributed by atoms with Crippen molar-refractivity contribution in [2.75, 3.05) is 0 Å². The quantitative estimate of drug-likeness (QED) is 0.783. The van der Waals surface area contributed by atoms with Gasteiger partial charge < -0.3 is 5.32 Å². The number of hydrogen-bond donors (Lipinski definition) is 1. The van der Waals surface area contributed by atoms with Gasteiger partial charge in [-0.3, -0.25) is 4.79 Å². The van der Waals surface area contributed by atoms with E-state index in [1.807, 2.05) is 24.3 Å². The molecule has 2 aromatic carbocycles. The van der Waals surface area contributed by atoms with Crippen LogP contribution in [0.4, 0.5) is 0 Å². The van der Waals surface area contributed by atoms with Gasteiger partial charge in [0.1, 0.15) is 0 Å². The number of aryl methyl sites for hydroxylation is 2. The molecule has 3 heteroatoms. The van der Waals surface area contributed by atoms with Crippen LogP contribution in [0.2, 0.25) is 0 Å². The second-order valence-corrected chi connectivity index (χ2v) is 5.72. The van der Waals surface area contributed by atoms with Crippen LogP contribution in [0.3, 0.4) is 0 Å². The van der Waals surface area contributed by atoms with Crippen molar-refractivity contribution in [3.8, 4) is 0 Å². The number of benzene rings is 2. The summed E-state index contributed by atoms with van der Waals surface area (Å²) in [5.41, 5.74) is 4.85. The average molecular weight is 346 g/mol. The van der Waals surface area contributed by atoms with Crippen molar-refractivity contribution in [3.05, 3.63) is 70.8 Å². The van der Waals surface area contributed by atoms with Crippen LogP contribution in [-0.4, -0.2) is 5.91 Å². The van der Waals surface area contributed by atoms with Gasteiger partial charge >= 0.3 is 0 Å². The highest BCUT2D eigenvalue weighted by atomic mass is 79.9. The van der Waals surface area contributed by atoms with Crippen LogP contribution in [0.1, 0.15) is 28.7 Å². The molecule has 0 spiro atoms. The number of rotatable bonds is 6. The molecule has 0 unspecified atom stereocenters. The molecule has 21 heavy (non-hydrogen) atoms. The molecule has 0 saturated heterocycles. The molecule has 0 aliphatic rings. The second-order valence-electron chi connectivity index (χ2n) is 5.16. The van der Waals surface area contributed by atoms with Crippen LogP contribution in [0.15, 0.2) is 48.5 Å². The standard InChI is InChI=1S/C18H20BrNO/c1-14-5-2-3-8-17(14)9-10-18(21)20-13-16-7-4-6-15(11-16)12-19/h2-8,11H,9-10,12-13H2,1H3,(H,20,21). The fraction of sp³-hybridized carbons (Fsp3) is 0.278. The molecule has 110 valence electrons. The Balaban J connectivity index is 1.81. The van der Waals surface area contributed by atoms with Gasteiger partial charge in [-0.1, -0.05) is 64.5 Å². The Bertz CT molecular complexity index is 610. The zero-order chi connectivity index (χ0) is 15.1. The first-order valence-electron chi connectivity index (χ1n) is 7.14. The monoisotopic (exact) mass is 345 g/mol. The smallest absolute Gasteiger partial charge is 0.220 e. The van der Waals surface area contributed by atoms with E-state index in [0.717, 1.165) is 17.3 Å². The lowest BCUT2D eigenvalue weighted by Crippen LogP contribution is -2.23. The van der Waals surface area contributed by atoms with Gasteiger partial charge in [0.25, 0.3) is 0 Å². The van der Waals surface area contributed by atoms with Gasteiger partial charge in [-0.25, -0.2) is 0 Å². The maximum atomic E-state index is 11.9. The van der Waals surface area contributed by atoms with Crippen molar-refractivity contribution in [1.29, 1.82) is 0 Å². The molecule has 0 aromatic heterocycles. The van der Waals surface area contributed by atoms with E-state index in [-0.39, 0.29) is 5.91 Å². The highest BCUT2D eigenvalue weighted by Crippen LogP contribution is 2.10. The minimum atomic E-state index is 0.0995. The third-order valence-electron chi connectivity index (χ3n) is 3.52. The number of nitrogens with one attached hydrogen (secondary N) is 1. The number of carbonyl (C=O) groups excluding carboxylic acids is 1. The van der Waals surface area contributed by atoms with E-state index in [4.69, 9.17) is 0 Å². The largest absolute Gasteiger partial charge is 0.352 e. The van der Waals surface area contributed by atoms with Gasteiger partial charge in [0.2, 0.25) is 5.91 Å². The fourth-order valence-corrected chi connectivity index (χ4v) is 2.60. The highest BCUT2D eigenvalue weighted by molar-refractivity contribution is 9.08. The number of carbonyl (C=O) groups is 1. The summed E-state index contributed by atoms with van der Waals surface area (Å²) in [4.78, 5) is 11.9. The molecule has 1 amide bonds. The van der Waals surface area contributed by atoms with Crippen LogP contribution in [0.5, 0.6) is 0 Å². The van der Waals surface area contributed by atoms with Gasteiger partial charge in [-0.05, 0) is 35.6 Å². The normalized spacial score (nSPS) is 10.4. The first kappa shape index (κ1) is 15.8. The molecular weight excluding hydrogens is 326 g/mol. The minimum Gasteiger partial charge on any atom is -0.352 e. The first-order valence-corrected chi connectivity index (χ1v) is 8.26. The van der Waals surface area contributed by atoms with Gasteiger partial charge in [0.05, 0.1) is 0 Å². The van der Waals surface area contributed by atoms with Crippen molar-refractivity contribution in [2.45, 2.75) is 31.6 Å². The molecule has 0 saturated carbocycles. The Morgan fingerprint density at radius 3 is 2.62 bits per heavy atom. The van der Waals surface area contributed by atoms with E-state index in [0.29, 0.717) is 13.0 Å². The highest BCUT2D eigenvalue weighted by Gasteiger charge is 2.04. The maximum absolute atomic E-state index is 11.9. The second kappa shape index (κ2) is 7.99. The summed E-state index contributed by atoms with van der Waals surface area (Å²) in [5.74, 6) is 0.0995. The minimum absolute atomic E-state index is 0.0995. The Morgan fingerprint density at radius 2 is 1.86 bits per heavy atom. The summed E-state index contributed by atoms with van der Waals surface area (Å²) in [6.07, 6.45) is 1.32. The predicted molar refractivity (Wildman–Crippen MR) is 90.4 cm³/mol. The lowest BCUT2D eigenvalue weighted by molar-refractivity contribution is -0.121. The van der Waals surface area contributed by atoms with E-state index >= 15 is 0 Å². The molecule has 0 aliphatic carbocycles. The summed E-state index contributed by atoms with van der Waals surface area (Å²) in [5, 5.41) is 3.82. The van der Waals surface area contributed by atoms with Crippen LogP contribution in [0.25, 0.3) is 0 Å². The molecule has 0 aliphatic heterocycles. The van der Waals surface area contributed by atoms with E-state index in [1.54, 1.807) is 0 Å². The molecule has 0 bridgehead atoms. The van der Waals surface area contributed by atoms with E-state index < -0.39 is 0 Å². The van der Waals surface area contributed by atoms with E-state index in [9.17, 15) is 4.79 Å². The summed E-state index contributed by atoms with van der Waals surface area (Å²) in [6, 6.07) is 16.4. The van der Waals surface area contributed by atoms with Crippen molar-refractivity contribution in [2.24, 2.45) is 0 Å². The zero-order valence-electron chi connectivity index (χ0n) is 12.2. The topological polar surface area (TPSA) is 29.1 Å². The molecule has 0 radical (unpaired) electrons. The zero-order valence-corrected chi connectivity index (χ0v) is 13.8. The Labute approximate surface area is 134 Å². The summed E-state index contributed by atoms with van der Waals surface area (Å²) < 4.78 is 0. The third kappa shape index (κ3) is 5.01. The predicted octanol–water partition coefficient (Wildman–Crippen LogP) is 4.14. The van der Waals surface area contributed by atoms with Crippen LogP contribution < -0.4 is 5.32 Å². The molecule has 2 nitrogen and oxygen atoms in total. The lowest BCUT2D eigenvalue weighted by Gasteiger charge is -2.08. The van der Waals surface area contributed by atoms with Crippen molar-refractivity contribution < 1.29 is 4.79 Å². The SMILES string of the molecule is Cc1ccccc1CCC(=O)NCc1cccc(CBr)c1. The van der Waals surface area contributed by atoms with Gasteiger partial charge in [0, 0.05) is 18.3 Å². The van der Waals surface area contributed by atoms with Crippen LogP contribution in [-0.2, 0) is 23.1 Å². The lowest BCUT2D eigenvalue weighted by atomic mass is 10.0. The van der Waals surface area contributed by atoms with Gasteiger partial charge in [-0.15, -0.1) is 0 Å². The van der Waals surface area contributed by atoms with Crippen molar-refractivity contribution in [3.63, 3.8) is 0 Å². The third-order valence-corrected chi connectivity index (χ3v) is 4.17. The molecule has 0 fully saturated rings.